The lowest BCUT2D eigenvalue weighted by atomic mass is 10.1. The molecule has 0 aromatic heterocycles. The average molecular weight is 424 g/mol. The molecule has 0 saturated heterocycles. The molecule has 0 saturated carbocycles. The van der Waals surface area contributed by atoms with E-state index in [0.717, 1.165) is 18.2 Å². The van der Waals surface area contributed by atoms with Crippen LogP contribution in [0, 0.1) is 11.6 Å². The molecule has 0 fully saturated rings. The molecule has 2 aromatic rings. The average Bonchev–Trinajstić information content (AvgIpc) is 2.65. The summed E-state index contributed by atoms with van der Waals surface area (Å²) >= 11 is 2.04. The summed E-state index contributed by atoms with van der Waals surface area (Å²) in [5, 5.41) is 1.67. The van der Waals surface area contributed by atoms with Crippen molar-refractivity contribution in [3.8, 4) is 0 Å². The molecule has 5 nitrogen and oxygen atoms in total. The molecule has 2 rings (SSSR count). The maximum absolute atomic E-state index is 13.8. The van der Waals surface area contributed by atoms with Crippen molar-refractivity contribution < 1.29 is 23.2 Å². The Morgan fingerprint density at radius 1 is 1.07 bits per heavy atom. The van der Waals surface area contributed by atoms with E-state index in [0.29, 0.717) is 23.9 Å². The van der Waals surface area contributed by atoms with Crippen LogP contribution in [0.5, 0.6) is 0 Å². The van der Waals surface area contributed by atoms with E-state index >= 15 is 0 Å². The standard InChI is InChI=1S/C19H18F2N2O3S2/c1-27-10-9-14(17(22)24)23-18(25)11-5-2-3-8-15(11)28-19(26)16-12(20)6-4-7-13(16)21/h2-8,14H,9-10H2,1H3,(H2,22,24)(H,23,25)/t14-/m0/s1. The van der Waals surface area contributed by atoms with Crippen molar-refractivity contribution in [2.24, 2.45) is 5.73 Å². The van der Waals surface area contributed by atoms with Crippen LogP contribution in [0.3, 0.4) is 0 Å². The quantitative estimate of drug-likeness (QED) is 0.635. The highest BCUT2D eigenvalue weighted by Crippen LogP contribution is 2.28. The van der Waals surface area contributed by atoms with Crippen molar-refractivity contribution in [1.82, 2.24) is 5.32 Å². The van der Waals surface area contributed by atoms with Gasteiger partial charge in [-0.15, -0.1) is 0 Å². The van der Waals surface area contributed by atoms with Crippen LogP contribution in [-0.4, -0.2) is 35.0 Å². The Labute approximate surface area is 169 Å². The van der Waals surface area contributed by atoms with Crippen molar-refractivity contribution in [1.29, 1.82) is 0 Å². The molecular weight excluding hydrogens is 406 g/mol. The van der Waals surface area contributed by atoms with Gasteiger partial charge in [-0.3, -0.25) is 14.4 Å². The first kappa shape index (κ1) is 21.9. The number of nitrogens with one attached hydrogen (secondary N) is 1. The van der Waals surface area contributed by atoms with Gasteiger partial charge in [0.2, 0.25) is 11.0 Å². The zero-order chi connectivity index (χ0) is 20.7. The van der Waals surface area contributed by atoms with Crippen LogP contribution < -0.4 is 11.1 Å². The number of carbonyl (C=O) groups excluding carboxylic acids is 3. The Hall–Kier alpha value is -2.39. The minimum atomic E-state index is -0.981. The Morgan fingerprint density at radius 2 is 1.71 bits per heavy atom. The zero-order valence-electron chi connectivity index (χ0n) is 14.9. The normalized spacial score (nSPS) is 11.7. The van der Waals surface area contributed by atoms with Crippen LogP contribution >= 0.6 is 23.5 Å². The molecule has 1 atom stereocenters. The second-order valence-electron chi connectivity index (χ2n) is 5.69. The number of halogens is 2. The molecule has 0 unspecified atom stereocenters. The molecule has 0 bridgehead atoms. The SMILES string of the molecule is CSCC[C@H](NC(=O)c1ccccc1SC(=O)c1c(F)cccc1F)C(N)=O. The van der Waals surface area contributed by atoms with Gasteiger partial charge >= 0.3 is 0 Å². The van der Waals surface area contributed by atoms with Crippen molar-refractivity contribution in [3.05, 3.63) is 65.2 Å². The van der Waals surface area contributed by atoms with E-state index in [1.54, 1.807) is 12.1 Å². The van der Waals surface area contributed by atoms with Gasteiger partial charge in [0.15, 0.2) is 0 Å². The van der Waals surface area contributed by atoms with Crippen LogP contribution in [0.15, 0.2) is 47.4 Å². The summed E-state index contributed by atoms with van der Waals surface area (Å²) in [6.07, 6.45) is 2.22. The highest BCUT2D eigenvalue weighted by molar-refractivity contribution is 8.14. The minimum Gasteiger partial charge on any atom is -0.368 e. The predicted molar refractivity (Wildman–Crippen MR) is 106 cm³/mol. The van der Waals surface area contributed by atoms with Gasteiger partial charge in [0, 0.05) is 4.90 Å². The van der Waals surface area contributed by atoms with Gasteiger partial charge in [-0.05, 0) is 54.5 Å². The minimum absolute atomic E-state index is 0.105. The number of primary amides is 1. The first-order valence-corrected chi connectivity index (χ1v) is 10.4. The van der Waals surface area contributed by atoms with Crippen LogP contribution in [0.1, 0.15) is 27.1 Å². The van der Waals surface area contributed by atoms with E-state index in [-0.39, 0.29) is 10.5 Å². The van der Waals surface area contributed by atoms with E-state index in [4.69, 9.17) is 5.73 Å². The maximum atomic E-state index is 13.8. The summed E-state index contributed by atoms with van der Waals surface area (Å²) in [6.45, 7) is 0. The number of benzene rings is 2. The van der Waals surface area contributed by atoms with E-state index in [1.807, 2.05) is 6.26 Å². The number of carbonyl (C=O) groups is 3. The van der Waals surface area contributed by atoms with Crippen LogP contribution in [0.25, 0.3) is 0 Å². The first-order valence-electron chi connectivity index (χ1n) is 8.19. The summed E-state index contributed by atoms with van der Waals surface area (Å²) < 4.78 is 27.7. The Balaban J connectivity index is 2.23. The lowest BCUT2D eigenvalue weighted by molar-refractivity contribution is -0.119. The Morgan fingerprint density at radius 3 is 2.32 bits per heavy atom. The molecule has 0 aliphatic heterocycles. The van der Waals surface area contributed by atoms with Gasteiger partial charge in [-0.25, -0.2) is 8.78 Å². The summed E-state index contributed by atoms with van der Waals surface area (Å²) in [5.41, 5.74) is 4.75. The predicted octanol–water partition coefficient (Wildman–Crippen LogP) is 3.23. The first-order chi connectivity index (χ1) is 13.3. The lowest BCUT2D eigenvalue weighted by Gasteiger charge is -2.16. The van der Waals surface area contributed by atoms with Crippen LogP contribution in [0.2, 0.25) is 0 Å². The monoisotopic (exact) mass is 424 g/mol. The fourth-order valence-corrected chi connectivity index (χ4v) is 3.73. The Kier molecular flexibility index (Phi) is 8.01. The molecule has 148 valence electrons. The summed E-state index contributed by atoms with van der Waals surface area (Å²) in [6, 6.07) is 8.37. The molecule has 2 aromatic carbocycles. The number of thioether (sulfide) groups is 2. The van der Waals surface area contributed by atoms with Gasteiger partial charge in [-0.1, -0.05) is 18.2 Å². The molecule has 2 amide bonds. The van der Waals surface area contributed by atoms with E-state index < -0.39 is 40.2 Å². The molecule has 0 aliphatic rings. The fraction of sp³-hybridized carbons (Fsp3) is 0.211. The van der Waals surface area contributed by atoms with Gasteiger partial charge in [0.05, 0.1) is 5.56 Å². The topological polar surface area (TPSA) is 89.3 Å². The third kappa shape index (κ3) is 5.56. The van der Waals surface area contributed by atoms with Crippen molar-refractivity contribution in [2.45, 2.75) is 17.4 Å². The molecule has 0 heterocycles. The number of hydrogen-bond acceptors (Lipinski definition) is 5. The lowest BCUT2D eigenvalue weighted by Crippen LogP contribution is -2.44. The highest BCUT2D eigenvalue weighted by atomic mass is 32.2. The van der Waals surface area contributed by atoms with Gasteiger partial charge in [-0.2, -0.15) is 11.8 Å². The van der Waals surface area contributed by atoms with Gasteiger partial charge in [0.1, 0.15) is 23.2 Å². The van der Waals surface area contributed by atoms with Crippen LogP contribution in [0.4, 0.5) is 8.78 Å². The molecule has 0 aliphatic carbocycles. The number of amides is 2. The van der Waals surface area contributed by atoms with E-state index in [2.05, 4.69) is 5.32 Å². The fourth-order valence-electron chi connectivity index (χ4n) is 2.34. The second kappa shape index (κ2) is 10.2. The Bertz CT molecular complexity index is 873. The van der Waals surface area contributed by atoms with Gasteiger partial charge in [0.25, 0.3) is 5.91 Å². The number of rotatable bonds is 8. The number of nitrogens with two attached hydrogens (primary N) is 1. The van der Waals surface area contributed by atoms with E-state index in [9.17, 15) is 23.2 Å². The van der Waals surface area contributed by atoms with Crippen molar-refractivity contribution >= 4 is 40.5 Å². The molecule has 0 spiro atoms. The molecule has 28 heavy (non-hydrogen) atoms. The molecule has 9 heteroatoms. The summed E-state index contributed by atoms with van der Waals surface area (Å²) in [4.78, 5) is 36.7. The molecule has 3 N–H and O–H groups in total. The zero-order valence-corrected chi connectivity index (χ0v) is 16.5. The van der Waals surface area contributed by atoms with E-state index in [1.165, 1.54) is 23.9 Å². The largest absolute Gasteiger partial charge is 0.368 e. The smallest absolute Gasteiger partial charge is 0.253 e. The number of hydrogen-bond donors (Lipinski definition) is 2. The van der Waals surface area contributed by atoms with Gasteiger partial charge < -0.3 is 11.1 Å². The third-order valence-electron chi connectivity index (χ3n) is 3.76. The highest BCUT2D eigenvalue weighted by Gasteiger charge is 2.23. The third-order valence-corrected chi connectivity index (χ3v) is 5.37. The van der Waals surface area contributed by atoms with Crippen LogP contribution in [-0.2, 0) is 4.79 Å². The maximum Gasteiger partial charge on any atom is 0.253 e. The molecular formula is C19H18F2N2O3S2. The second-order valence-corrected chi connectivity index (χ2v) is 7.69. The summed E-state index contributed by atoms with van der Waals surface area (Å²) in [5.74, 6) is -2.61. The molecule has 0 radical (unpaired) electrons. The summed E-state index contributed by atoms with van der Waals surface area (Å²) in [7, 11) is 0. The van der Waals surface area contributed by atoms with Crippen molar-refractivity contribution in [2.75, 3.05) is 12.0 Å². The van der Waals surface area contributed by atoms with Crippen molar-refractivity contribution in [3.63, 3.8) is 0 Å².